The van der Waals surface area contributed by atoms with Crippen LogP contribution >= 0.6 is 0 Å². The van der Waals surface area contributed by atoms with Crippen molar-refractivity contribution in [2.24, 2.45) is 5.92 Å². The standard InChI is InChI=1S/C14H29NO/c1-5-16-14(3,4)11-15-13-8-6-7-12(2)9-10-13/h12-13,15H,5-11H2,1-4H3. The SMILES string of the molecule is CCOC(C)(C)CNC1CCCC(C)CC1. The first-order valence-electron chi connectivity index (χ1n) is 6.91. The molecule has 1 rings (SSSR count). The van der Waals surface area contributed by atoms with Crippen LogP contribution in [0.15, 0.2) is 0 Å². The maximum absolute atomic E-state index is 5.71. The first-order valence-corrected chi connectivity index (χ1v) is 6.91. The van der Waals surface area contributed by atoms with Gasteiger partial charge in [0.1, 0.15) is 0 Å². The van der Waals surface area contributed by atoms with Crippen molar-refractivity contribution in [2.75, 3.05) is 13.2 Å². The third-order valence-electron chi connectivity index (χ3n) is 3.61. The molecule has 16 heavy (non-hydrogen) atoms. The molecule has 0 saturated heterocycles. The lowest BCUT2D eigenvalue weighted by Crippen LogP contribution is -2.42. The minimum atomic E-state index is -0.0212. The topological polar surface area (TPSA) is 21.3 Å². The molecule has 96 valence electrons. The summed E-state index contributed by atoms with van der Waals surface area (Å²) in [6.07, 6.45) is 6.85. The summed E-state index contributed by atoms with van der Waals surface area (Å²) in [5.41, 5.74) is -0.0212. The molecule has 0 aromatic carbocycles. The van der Waals surface area contributed by atoms with Gasteiger partial charge < -0.3 is 10.1 Å². The fourth-order valence-corrected chi connectivity index (χ4v) is 2.52. The molecule has 0 aromatic heterocycles. The molecule has 1 saturated carbocycles. The minimum absolute atomic E-state index is 0.0212. The summed E-state index contributed by atoms with van der Waals surface area (Å²) in [6.45, 7) is 10.6. The molecule has 0 aromatic rings. The predicted octanol–water partition coefficient (Wildman–Crippen LogP) is 3.36. The zero-order chi connectivity index (χ0) is 12.0. The van der Waals surface area contributed by atoms with Crippen LogP contribution in [0.4, 0.5) is 0 Å². The molecule has 1 fully saturated rings. The van der Waals surface area contributed by atoms with E-state index in [1.807, 2.05) is 0 Å². The summed E-state index contributed by atoms with van der Waals surface area (Å²) in [7, 11) is 0. The molecule has 1 aliphatic rings. The van der Waals surface area contributed by atoms with Crippen LogP contribution in [-0.2, 0) is 4.74 Å². The first-order chi connectivity index (χ1) is 7.53. The first kappa shape index (κ1) is 14.0. The Morgan fingerprint density at radius 2 is 1.94 bits per heavy atom. The Morgan fingerprint density at radius 1 is 1.19 bits per heavy atom. The molecule has 0 bridgehead atoms. The summed E-state index contributed by atoms with van der Waals surface area (Å²) in [6, 6.07) is 0.713. The van der Waals surface area contributed by atoms with Crippen molar-refractivity contribution in [2.45, 2.75) is 71.4 Å². The fraction of sp³-hybridized carbons (Fsp3) is 1.00. The second-order valence-corrected chi connectivity index (χ2v) is 5.88. The average Bonchev–Trinajstić information content (AvgIpc) is 2.40. The van der Waals surface area contributed by atoms with E-state index in [2.05, 4.69) is 33.0 Å². The normalized spacial score (nSPS) is 27.8. The molecule has 1 aliphatic carbocycles. The van der Waals surface area contributed by atoms with Gasteiger partial charge in [0.15, 0.2) is 0 Å². The summed E-state index contributed by atoms with van der Waals surface area (Å²) in [4.78, 5) is 0. The van der Waals surface area contributed by atoms with Crippen molar-refractivity contribution in [3.8, 4) is 0 Å². The quantitative estimate of drug-likeness (QED) is 0.727. The van der Waals surface area contributed by atoms with E-state index in [0.717, 1.165) is 19.1 Å². The van der Waals surface area contributed by atoms with Crippen LogP contribution in [-0.4, -0.2) is 24.8 Å². The number of hydrogen-bond acceptors (Lipinski definition) is 2. The molecule has 0 radical (unpaired) electrons. The van der Waals surface area contributed by atoms with E-state index in [-0.39, 0.29) is 5.60 Å². The Bertz CT molecular complexity index is 191. The van der Waals surface area contributed by atoms with E-state index in [9.17, 15) is 0 Å². The lowest BCUT2D eigenvalue weighted by atomic mass is 10.0. The van der Waals surface area contributed by atoms with Crippen LogP contribution in [0.5, 0.6) is 0 Å². The molecule has 1 N–H and O–H groups in total. The van der Waals surface area contributed by atoms with Crippen molar-refractivity contribution in [3.63, 3.8) is 0 Å². The molecular formula is C14H29NO. The van der Waals surface area contributed by atoms with Crippen LogP contribution in [0.2, 0.25) is 0 Å². The lowest BCUT2D eigenvalue weighted by Gasteiger charge is -2.28. The maximum Gasteiger partial charge on any atom is 0.0750 e. The molecular weight excluding hydrogens is 198 g/mol. The van der Waals surface area contributed by atoms with Crippen molar-refractivity contribution in [3.05, 3.63) is 0 Å². The Morgan fingerprint density at radius 3 is 2.62 bits per heavy atom. The Balaban J connectivity index is 2.26. The van der Waals surface area contributed by atoms with Crippen LogP contribution in [0, 0.1) is 5.92 Å². The highest BCUT2D eigenvalue weighted by Crippen LogP contribution is 2.23. The molecule has 2 atom stereocenters. The third kappa shape index (κ3) is 5.31. The second-order valence-electron chi connectivity index (χ2n) is 5.88. The molecule has 0 amide bonds. The molecule has 2 nitrogen and oxygen atoms in total. The van der Waals surface area contributed by atoms with Crippen molar-refractivity contribution in [1.29, 1.82) is 0 Å². The predicted molar refractivity (Wildman–Crippen MR) is 69.7 cm³/mol. The number of rotatable bonds is 5. The number of nitrogens with one attached hydrogen (secondary N) is 1. The smallest absolute Gasteiger partial charge is 0.0750 e. The third-order valence-corrected chi connectivity index (χ3v) is 3.61. The van der Waals surface area contributed by atoms with Gasteiger partial charge in [0.05, 0.1) is 5.60 Å². The van der Waals surface area contributed by atoms with E-state index in [4.69, 9.17) is 4.74 Å². The molecule has 0 aliphatic heterocycles. The van der Waals surface area contributed by atoms with Gasteiger partial charge in [-0.3, -0.25) is 0 Å². The van der Waals surface area contributed by atoms with E-state index in [1.54, 1.807) is 0 Å². The van der Waals surface area contributed by atoms with E-state index < -0.39 is 0 Å². The van der Waals surface area contributed by atoms with Crippen molar-refractivity contribution < 1.29 is 4.74 Å². The van der Waals surface area contributed by atoms with Gasteiger partial charge in [0, 0.05) is 19.2 Å². The zero-order valence-corrected chi connectivity index (χ0v) is 11.5. The summed E-state index contributed by atoms with van der Waals surface area (Å²) < 4.78 is 5.71. The van der Waals surface area contributed by atoms with E-state index >= 15 is 0 Å². The highest BCUT2D eigenvalue weighted by Gasteiger charge is 2.21. The molecule has 2 unspecified atom stereocenters. The number of ether oxygens (including phenoxy) is 1. The van der Waals surface area contributed by atoms with Crippen LogP contribution in [0.1, 0.15) is 59.8 Å². The summed E-state index contributed by atoms with van der Waals surface area (Å²) >= 11 is 0. The van der Waals surface area contributed by atoms with Gasteiger partial charge in [-0.15, -0.1) is 0 Å². The van der Waals surface area contributed by atoms with E-state index in [1.165, 1.54) is 32.1 Å². The van der Waals surface area contributed by atoms with Crippen molar-refractivity contribution >= 4 is 0 Å². The molecule has 0 heterocycles. The monoisotopic (exact) mass is 227 g/mol. The second kappa shape index (κ2) is 6.61. The van der Waals surface area contributed by atoms with Crippen LogP contribution in [0.3, 0.4) is 0 Å². The van der Waals surface area contributed by atoms with Crippen molar-refractivity contribution in [1.82, 2.24) is 5.32 Å². The van der Waals surface area contributed by atoms with E-state index in [0.29, 0.717) is 6.04 Å². The minimum Gasteiger partial charge on any atom is -0.375 e. The highest BCUT2D eigenvalue weighted by molar-refractivity contribution is 4.78. The maximum atomic E-state index is 5.71. The van der Waals surface area contributed by atoms with Gasteiger partial charge in [0.2, 0.25) is 0 Å². The summed E-state index contributed by atoms with van der Waals surface area (Å²) in [5, 5.41) is 3.68. The lowest BCUT2D eigenvalue weighted by molar-refractivity contribution is -0.0109. The Labute approximate surface area is 101 Å². The molecule has 2 heteroatoms. The van der Waals surface area contributed by atoms with Crippen LogP contribution < -0.4 is 5.32 Å². The van der Waals surface area contributed by atoms with Crippen LogP contribution in [0.25, 0.3) is 0 Å². The van der Waals surface area contributed by atoms with Gasteiger partial charge in [-0.2, -0.15) is 0 Å². The highest BCUT2D eigenvalue weighted by atomic mass is 16.5. The Hall–Kier alpha value is -0.0800. The Kier molecular flexibility index (Phi) is 5.77. The zero-order valence-electron chi connectivity index (χ0n) is 11.5. The van der Waals surface area contributed by atoms with Gasteiger partial charge in [0.25, 0.3) is 0 Å². The van der Waals surface area contributed by atoms with Gasteiger partial charge in [-0.1, -0.05) is 19.8 Å². The molecule has 0 spiro atoms. The fourth-order valence-electron chi connectivity index (χ4n) is 2.52. The van der Waals surface area contributed by atoms with Gasteiger partial charge >= 0.3 is 0 Å². The van der Waals surface area contributed by atoms with Gasteiger partial charge in [-0.05, 0) is 46.0 Å². The summed E-state index contributed by atoms with van der Waals surface area (Å²) in [5.74, 6) is 0.923. The average molecular weight is 227 g/mol. The largest absolute Gasteiger partial charge is 0.375 e. The number of hydrogen-bond donors (Lipinski definition) is 1. The van der Waals surface area contributed by atoms with Gasteiger partial charge in [-0.25, -0.2) is 0 Å².